The highest BCUT2D eigenvalue weighted by atomic mass is 35.5. The van der Waals surface area contributed by atoms with E-state index in [4.69, 9.17) is 9.47 Å². The van der Waals surface area contributed by atoms with Crippen LogP contribution in [0.4, 0.5) is 0 Å². The first-order chi connectivity index (χ1) is 12.2. The Morgan fingerprint density at radius 1 is 0.962 bits per heavy atom. The molecule has 1 N–H and O–H groups in total. The Morgan fingerprint density at radius 2 is 1.62 bits per heavy atom. The quantitative estimate of drug-likeness (QED) is 0.758. The Bertz CT molecular complexity index is 637. The van der Waals surface area contributed by atoms with Gasteiger partial charge in [-0.25, -0.2) is 0 Å². The summed E-state index contributed by atoms with van der Waals surface area (Å²) in [6, 6.07) is 19.1. The van der Waals surface area contributed by atoms with Crippen LogP contribution in [0.1, 0.15) is 37.8 Å². The van der Waals surface area contributed by atoms with Crippen LogP contribution in [0.25, 0.3) is 0 Å². The highest BCUT2D eigenvalue weighted by Gasteiger charge is 2.34. The van der Waals surface area contributed by atoms with Crippen LogP contribution in [0, 0.1) is 0 Å². The fraction of sp³-hybridized carbons (Fsp3) is 0.455. The Balaban J connectivity index is 0.00000243. The van der Waals surface area contributed by atoms with Crippen LogP contribution in [0.3, 0.4) is 0 Å². The van der Waals surface area contributed by atoms with E-state index in [9.17, 15) is 0 Å². The second-order valence-electron chi connectivity index (χ2n) is 7.20. The molecule has 1 heterocycles. The summed E-state index contributed by atoms with van der Waals surface area (Å²) in [5.41, 5.74) is 2.72. The van der Waals surface area contributed by atoms with Gasteiger partial charge in [-0.3, -0.25) is 0 Å². The molecule has 0 spiro atoms. The van der Waals surface area contributed by atoms with E-state index in [1.807, 2.05) is 26.0 Å². The van der Waals surface area contributed by atoms with Crippen molar-refractivity contribution in [2.75, 3.05) is 19.7 Å². The number of halogens is 1. The standard InChI is InChI=1S/C22H29NO2.ClH/c1-18(2)25-21-10-8-19(9-11-21)16-24-17-22(12-14-23-15-13-22)20-6-4-3-5-7-20;/h3-11,18,23H,12-17H2,1-2H3;1H. The number of piperidine rings is 1. The molecular formula is C22H30ClNO2. The molecule has 0 radical (unpaired) electrons. The van der Waals surface area contributed by atoms with Crippen LogP contribution in [0.5, 0.6) is 5.75 Å². The van der Waals surface area contributed by atoms with Crippen molar-refractivity contribution in [2.24, 2.45) is 0 Å². The molecule has 2 aromatic carbocycles. The molecule has 1 saturated heterocycles. The van der Waals surface area contributed by atoms with Crippen LogP contribution in [0.15, 0.2) is 54.6 Å². The molecule has 0 unspecified atom stereocenters. The van der Waals surface area contributed by atoms with E-state index in [0.29, 0.717) is 6.61 Å². The molecule has 142 valence electrons. The van der Waals surface area contributed by atoms with Crippen molar-refractivity contribution in [3.63, 3.8) is 0 Å². The number of nitrogens with one attached hydrogen (secondary N) is 1. The molecule has 0 atom stereocenters. The molecule has 0 aromatic heterocycles. The first-order valence-corrected chi connectivity index (χ1v) is 9.28. The van der Waals surface area contributed by atoms with E-state index in [2.05, 4.69) is 47.8 Å². The topological polar surface area (TPSA) is 30.5 Å². The van der Waals surface area contributed by atoms with Gasteiger partial charge in [0.1, 0.15) is 5.75 Å². The predicted octanol–water partition coefficient (Wildman–Crippen LogP) is 4.73. The molecule has 1 fully saturated rings. The number of ether oxygens (including phenoxy) is 2. The van der Waals surface area contributed by atoms with Gasteiger partial charge in [-0.2, -0.15) is 0 Å². The third-order valence-electron chi connectivity index (χ3n) is 4.89. The minimum Gasteiger partial charge on any atom is -0.491 e. The lowest BCUT2D eigenvalue weighted by atomic mass is 9.74. The molecule has 0 saturated carbocycles. The zero-order valence-corrected chi connectivity index (χ0v) is 16.6. The number of benzene rings is 2. The van der Waals surface area contributed by atoms with Crippen molar-refractivity contribution >= 4 is 12.4 Å². The second kappa shape index (κ2) is 9.96. The van der Waals surface area contributed by atoms with Gasteiger partial charge >= 0.3 is 0 Å². The third-order valence-corrected chi connectivity index (χ3v) is 4.89. The Labute approximate surface area is 163 Å². The second-order valence-corrected chi connectivity index (χ2v) is 7.20. The van der Waals surface area contributed by atoms with Gasteiger partial charge in [-0.05, 0) is 63.0 Å². The third kappa shape index (κ3) is 5.47. The van der Waals surface area contributed by atoms with E-state index >= 15 is 0 Å². The molecule has 1 aliphatic rings. The Morgan fingerprint density at radius 3 is 2.23 bits per heavy atom. The van der Waals surface area contributed by atoms with Crippen LogP contribution in [0.2, 0.25) is 0 Å². The van der Waals surface area contributed by atoms with Crippen molar-refractivity contribution < 1.29 is 9.47 Å². The van der Waals surface area contributed by atoms with Crippen molar-refractivity contribution in [2.45, 2.75) is 44.8 Å². The molecule has 3 rings (SSSR count). The van der Waals surface area contributed by atoms with Gasteiger partial charge in [0.05, 0.1) is 19.3 Å². The van der Waals surface area contributed by atoms with Crippen LogP contribution in [-0.2, 0) is 16.8 Å². The summed E-state index contributed by atoms with van der Waals surface area (Å²) in [5, 5.41) is 3.47. The number of hydrogen-bond acceptors (Lipinski definition) is 3. The molecule has 26 heavy (non-hydrogen) atoms. The molecule has 2 aromatic rings. The Kier molecular flexibility index (Phi) is 7.95. The van der Waals surface area contributed by atoms with E-state index in [1.54, 1.807) is 0 Å². The lowest BCUT2D eigenvalue weighted by molar-refractivity contribution is 0.0565. The van der Waals surface area contributed by atoms with Crippen molar-refractivity contribution in [1.82, 2.24) is 5.32 Å². The maximum absolute atomic E-state index is 6.17. The van der Waals surface area contributed by atoms with Gasteiger partial charge in [0.15, 0.2) is 0 Å². The summed E-state index contributed by atoms with van der Waals surface area (Å²) in [6.07, 6.45) is 2.45. The normalized spacial score (nSPS) is 16.1. The van der Waals surface area contributed by atoms with Gasteiger partial charge < -0.3 is 14.8 Å². The Hall–Kier alpha value is -1.55. The lowest BCUT2D eigenvalue weighted by Crippen LogP contribution is -2.43. The lowest BCUT2D eigenvalue weighted by Gasteiger charge is -2.38. The minimum atomic E-state index is 0. The average Bonchev–Trinajstić information content (AvgIpc) is 2.64. The summed E-state index contributed by atoms with van der Waals surface area (Å²) in [7, 11) is 0. The van der Waals surface area contributed by atoms with Gasteiger partial charge in [0.2, 0.25) is 0 Å². The molecule has 0 aliphatic carbocycles. The smallest absolute Gasteiger partial charge is 0.119 e. The highest BCUT2D eigenvalue weighted by Crippen LogP contribution is 2.34. The van der Waals surface area contributed by atoms with E-state index in [0.717, 1.165) is 38.3 Å². The predicted molar refractivity (Wildman–Crippen MR) is 109 cm³/mol. The summed E-state index contributed by atoms with van der Waals surface area (Å²) >= 11 is 0. The average molecular weight is 376 g/mol. The zero-order valence-electron chi connectivity index (χ0n) is 15.7. The molecule has 0 bridgehead atoms. The molecule has 0 amide bonds. The van der Waals surface area contributed by atoms with Crippen LogP contribution in [-0.4, -0.2) is 25.8 Å². The van der Waals surface area contributed by atoms with Crippen LogP contribution < -0.4 is 10.1 Å². The summed E-state index contributed by atoms with van der Waals surface area (Å²) in [6.45, 7) is 7.60. The molecule has 3 nitrogen and oxygen atoms in total. The van der Waals surface area contributed by atoms with Gasteiger partial charge in [0.25, 0.3) is 0 Å². The SMILES string of the molecule is CC(C)Oc1ccc(COCC2(c3ccccc3)CCNCC2)cc1.Cl. The first kappa shape index (κ1) is 20.8. The summed E-state index contributed by atoms with van der Waals surface area (Å²) < 4.78 is 11.9. The highest BCUT2D eigenvalue weighted by molar-refractivity contribution is 5.85. The van der Waals surface area contributed by atoms with Crippen molar-refractivity contribution in [3.05, 3.63) is 65.7 Å². The van der Waals surface area contributed by atoms with Crippen molar-refractivity contribution in [1.29, 1.82) is 0 Å². The first-order valence-electron chi connectivity index (χ1n) is 9.28. The van der Waals surface area contributed by atoms with Gasteiger partial charge in [-0.15, -0.1) is 12.4 Å². The van der Waals surface area contributed by atoms with E-state index < -0.39 is 0 Å². The monoisotopic (exact) mass is 375 g/mol. The fourth-order valence-corrected chi connectivity index (χ4v) is 3.51. The maximum atomic E-state index is 6.17. The number of rotatable bonds is 7. The molecular weight excluding hydrogens is 346 g/mol. The van der Waals surface area contributed by atoms with Gasteiger partial charge in [0, 0.05) is 5.41 Å². The molecule has 1 aliphatic heterocycles. The maximum Gasteiger partial charge on any atom is 0.119 e. The minimum absolute atomic E-state index is 0. The largest absolute Gasteiger partial charge is 0.491 e. The number of hydrogen-bond donors (Lipinski definition) is 1. The van der Waals surface area contributed by atoms with Crippen molar-refractivity contribution in [3.8, 4) is 5.75 Å². The van der Waals surface area contributed by atoms with E-state index in [-0.39, 0.29) is 23.9 Å². The summed E-state index contributed by atoms with van der Waals surface area (Å²) in [4.78, 5) is 0. The summed E-state index contributed by atoms with van der Waals surface area (Å²) in [5.74, 6) is 0.915. The van der Waals surface area contributed by atoms with Gasteiger partial charge in [-0.1, -0.05) is 42.5 Å². The van der Waals surface area contributed by atoms with E-state index in [1.165, 1.54) is 11.1 Å². The zero-order chi connectivity index (χ0) is 17.5. The van der Waals surface area contributed by atoms with Crippen LogP contribution >= 0.6 is 12.4 Å². The molecule has 4 heteroatoms. The fourth-order valence-electron chi connectivity index (χ4n) is 3.51.